The Hall–Kier alpha value is -2.54. The van der Waals surface area contributed by atoms with Gasteiger partial charge in [-0.1, -0.05) is 95.9 Å². The summed E-state index contributed by atoms with van der Waals surface area (Å²) in [4.78, 5) is 0. The van der Waals surface area contributed by atoms with Gasteiger partial charge in [-0.3, -0.25) is 0 Å². The van der Waals surface area contributed by atoms with Crippen molar-refractivity contribution in [1.82, 2.24) is 0 Å². The van der Waals surface area contributed by atoms with E-state index in [2.05, 4.69) is 92.2 Å². The van der Waals surface area contributed by atoms with Crippen LogP contribution < -0.4 is 10.9 Å². The van der Waals surface area contributed by atoms with Crippen molar-refractivity contribution >= 4 is 39.8 Å². The molecule has 1 heteroatoms. The molecule has 0 aliphatic carbocycles. The molecular weight excluding hydrogens is 251 g/mol. The Kier molecular flexibility index (Phi) is 2.97. The summed E-state index contributed by atoms with van der Waals surface area (Å²) < 4.78 is 0. The summed E-state index contributed by atoms with van der Waals surface area (Å²) in [7, 11) is 2.26. The monoisotopic (exact) mass is 265 g/mol. The van der Waals surface area contributed by atoms with Gasteiger partial charge in [0.2, 0.25) is 0 Å². The van der Waals surface area contributed by atoms with Crippen LogP contribution in [-0.2, 0) is 0 Å². The molecule has 0 nitrogen and oxygen atoms in total. The van der Waals surface area contributed by atoms with Gasteiger partial charge in [0.25, 0.3) is 0 Å². The Balaban J connectivity index is 1.98. The maximum atomic E-state index is 2.28. The number of benzene rings is 4. The third-order valence-electron chi connectivity index (χ3n) is 3.92. The number of hydrogen-bond donors (Lipinski definition) is 0. The molecule has 0 atom stereocenters. The Labute approximate surface area is 125 Å². The predicted octanol–water partition coefficient (Wildman–Crippen LogP) is 3.65. The van der Waals surface area contributed by atoms with Crippen LogP contribution in [0.2, 0.25) is 0 Å². The lowest BCUT2D eigenvalue weighted by molar-refractivity contribution is 1.76. The average molecular weight is 265 g/mol. The third kappa shape index (κ3) is 2.21. The van der Waals surface area contributed by atoms with E-state index in [4.69, 9.17) is 0 Å². The minimum Gasteiger partial charge on any atom is -0.0814 e. The van der Waals surface area contributed by atoms with Crippen molar-refractivity contribution in [2.24, 2.45) is 0 Å². The second kappa shape index (κ2) is 5.10. The fourth-order valence-corrected chi connectivity index (χ4v) is 2.93. The minimum atomic E-state index is 1.23. The van der Waals surface area contributed by atoms with Crippen LogP contribution in [0.4, 0.5) is 0 Å². The van der Waals surface area contributed by atoms with E-state index in [0.717, 1.165) is 0 Å². The van der Waals surface area contributed by atoms with Crippen LogP contribution in [0.5, 0.6) is 0 Å². The van der Waals surface area contributed by atoms with Gasteiger partial charge in [-0.15, -0.1) is 0 Å². The summed E-state index contributed by atoms with van der Waals surface area (Å²) >= 11 is 0. The summed E-state index contributed by atoms with van der Waals surface area (Å²) in [5.41, 5.74) is 2.51. The molecule has 4 aromatic carbocycles. The second-order valence-electron chi connectivity index (χ2n) is 5.29. The van der Waals surface area contributed by atoms with E-state index in [1.54, 1.807) is 0 Å². The third-order valence-corrected chi connectivity index (χ3v) is 3.92. The molecule has 0 saturated heterocycles. The molecule has 0 aliphatic heterocycles. The lowest BCUT2D eigenvalue weighted by Gasteiger charge is -2.10. The Morgan fingerprint density at radius 1 is 0.524 bits per heavy atom. The first kappa shape index (κ1) is 12.2. The molecule has 0 unspecified atom stereocenters. The average Bonchev–Trinajstić information content (AvgIpc) is 2.56. The molecule has 0 amide bonds. The van der Waals surface area contributed by atoms with Gasteiger partial charge in [-0.05, 0) is 21.5 Å². The smallest absolute Gasteiger partial charge is 0.0814 e. The lowest BCUT2D eigenvalue weighted by Crippen LogP contribution is -2.27. The minimum absolute atomic E-state index is 1.23. The summed E-state index contributed by atoms with van der Waals surface area (Å²) in [6.07, 6.45) is 0. The van der Waals surface area contributed by atoms with E-state index in [1.807, 2.05) is 0 Å². The first-order chi connectivity index (χ1) is 10.4. The standard InChI is InChI=1S/C20H14B/c1-2-9-16(10-3-1)21-20-14-15-8-4-5-11-17(15)18-12-6-7-13-19(18)20/h1-14H. The van der Waals surface area contributed by atoms with E-state index in [1.165, 1.54) is 32.5 Å². The summed E-state index contributed by atoms with van der Waals surface area (Å²) in [6.45, 7) is 0. The van der Waals surface area contributed by atoms with Crippen LogP contribution in [0, 0.1) is 0 Å². The van der Waals surface area contributed by atoms with E-state index in [9.17, 15) is 0 Å². The van der Waals surface area contributed by atoms with Gasteiger partial charge in [-0.2, -0.15) is 0 Å². The highest BCUT2D eigenvalue weighted by Crippen LogP contribution is 2.23. The zero-order valence-electron chi connectivity index (χ0n) is 11.7. The van der Waals surface area contributed by atoms with Gasteiger partial charge < -0.3 is 0 Å². The van der Waals surface area contributed by atoms with Gasteiger partial charge in [0.15, 0.2) is 7.28 Å². The van der Waals surface area contributed by atoms with Crippen LogP contribution >= 0.6 is 0 Å². The molecule has 0 aliphatic rings. The van der Waals surface area contributed by atoms with Crippen molar-refractivity contribution in [3.8, 4) is 0 Å². The van der Waals surface area contributed by atoms with Crippen LogP contribution in [-0.4, -0.2) is 7.28 Å². The molecule has 21 heavy (non-hydrogen) atoms. The Morgan fingerprint density at radius 2 is 1.14 bits per heavy atom. The van der Waals surface area contributed by atoms with Gasteiger partial charge in [0.05, 0.1) is 0 Å². The Morgan fingerprint density at radius 3 is 1.95 bits per heavy atom. The van der Waals surface area contributed by atoms with Crippen molar-refractivity contribution in [2.75, 3.05) is 0 Å². The van der Waals surface area contributed by atoms with Gasteiger partial charge in [0, 0.05) is 0 Å². The molecule has 0 saturated carbocycles. The fraction of sp³-hybridized carbons (Fsp3) is 0. The zero-order chi connectivity index (χ0) is 14.1. The molecular formula is C20H14B. The molecule has 0 heterocycles. The molecule has 97 valence electrons. The molecule has 4 aromatic rings. The summed E-state index contributed by atoms with van der Waals surface area (Å²) in [6, 6.07) is 30.0. The van der Waals surface area contributed by atoms with Gasteiger partial charge in [-0.25, -0.2) is 0 Å². The van der Waals surface area contributed by atoms with Crippen LogP contribution in [0.1, 0.15) is 0 Å². The molecule has 1 radical (unpaired) electrons. The SMILES string of the molecule is [B](c1ccccc1)c1cc2ccccc2c2ccccc12. The highest BCUT2D eigenvalue weighted by Gasteiger charge is 2.07. The predicted molar refractivity (Wildman–Crippen MR) is 92.9 cm³/mol. The molecule has 0 aromatic heterocycles. The highest BCUT2D eigenvalue weighted by atomic mass is 14.0. The van der Waals surface area contributed by atoms with E-state index >= 15 is 0 Å². The molecule has 0 spiro atoms. The Bertz CT molecular complexity index is 910. The largest absolute Gasteiger partial charge is 0.192 e. The van der Waals surface area contributed by atoms with Crippen molar-refractivity contribution in [3.63, 3.8) is 0 Å². The maximum Gasteiger partial charge on any atom is 0.192 e. The van der Waals surface area contributed by atoms with Crippen LogP contribution in [0.3, 0.4) is 0 Å². The van der Waals surface area contributed by atoms with E-state index in [-0.39, 0.29) is 0 Å². The number of rotatable bonds is 2. The fourth-order valence-electron chi connectivity index (χ4n) is 2.93. The molecule has 4 rings (SSSR count). The van der Waals surface area contributed by atoms with E-state index in [0.29, 0.717) is 0 Å². The molecule has 0 fully saturated rings. The van der Waals surface area contributed by atoms with Crippen LogP contribution in [0.25, 0.3) is 21.5 Å². The summed E-state index contributed by atoms with van der Waals surface area (Å²) in [5, 5.41) is 5.23. The van der Waals surface area contributed by atoms with E-state index < -0.39 is 0 Å². The second-order valence-corrected chi connectivity index (χ2v) is 5.29. The highest BCUT2D eigenvalue weighted by molar-refractivity contribution is 6.70. The van der Waals surface area contributed by atoms with Crippen LogP contribution in [0.15, 0.2) is 84.9 Å². The van der Waals surface area contributed by atoms with Crippen molar-refractivity contribution < 1.29 is 0 Å². The maximum absolute atomic E-state index is 2.28. The van der Waals surface area contributed by atoms with Crippen molar-refractivity contribution in [3.05, 3.63) is 84.9 Å². The number of hydrogen-bond acceptors (Lipinski definition) is 0. The lowest BCUT2D eigenvalue weighted by atomic mass is 9.62. The number of fused-ring (bicyclic) bond motifs is 3. The van der Waals surface area contributed by atoms with Crippen molar-refractivity contribution in [1.29, 1.82) is 0 Å². The first-order valence-corrected chi connectivity index (χ1v) is 7.22. The van der Waals surface area contributed by atoms with Crippen molar-refractivity contribution in [2.45, 2.75) is 0 Å². The topological polar surface area (TPSA) is 0 Å². The van der Waals surface area contributed by atoms with Gasteiger partial charge >= 0.3 is 0 Å². The molecule has 0 N–H and O–H groups in total. The zero-order valence-corrected chi connectivity index (χ0v) is 11.7. The molecule has 0 bridgehead atoms. The normalized spacial score (nSPS) is 10.9. The quantitative estimate of drug-likeness (QED) is 0.383. The van der Waals surface area contributed by atoms with Gasteiger partial charge in [0.1, 0.15) is 0 Å². The first-order valence-electron chi connectivity index (χ1n) is 7.22. The summed E-state index contributed by atoms with van der Waals surface area (Å²) in [5.74, 6) is 0.